The first kappa shape index (κ1) is 14.5. The Morgan fingerprint density at radius 1 is 1.39 bits per heavy atom. The maximum atomic E-state index is 12.1. The summed E-state index contributed by atoms with van der Waals surface area (Å²) in [6, 6.07) is 4.98. The van der Waals surface area contributed by atoms with E-state index >= 15 is 0 Å². The van der Waals surface area contributed by atoms with Crippen LogP contribution in [0.1, 0.15) is 36.2 Å². The van der Waals surface area contributed by atoms with E-state index in [-0.39, 0.29) is 35.8 Å². The second-order valence-corrected chi connectivity index (χ2v) is 4.81. The molecule has 1 rings (SSSR count). The Kier molecular flexibility index (Phi) is 5.16. The molecule has 1 aromatic rings. The highest BCUT2D eigenvalue weighted by Gasteiger charge is 2.19. The lowest BCUT2D eigenvalue weighted by Crippen LogP contribution is -2.39. The minimum Gasteiger partial charge on any atom is -0.507 e. The van der Waals surface area contributed by atoms with E-state index in [9.17, 15) is 9.90 Å². The van der Waals surface area contributed by atoms with Crippen LogP contribution in [0.2, 0.25) is 0 Å². The van der Waals surface area contributed by atoms with Crippen LogP contribution in [-0.2, 0) is 0 Å². The number of carbonyl (C=O) groups excluding carboxylic acids is 1. The van der Waals surface area contributed by atoms with Crippen LogP contribution in [0.3, 0.4) is 0 Å². The maximum Gasteiger partial charge on any atom is 0.255 e. The highest BCUT2D eigenvalue weighted by Crippen LogP contribution is 2.21. The Balaban J connectivity index is 2.84. The van der Waals surface area contributed by atoms with E-state index in [1.54, 1.807) is 25.1 Å². The molecule has 0 saturated carbocycles. The molecule has 0 radical (unpaired) electrons. The zero-order valence-corrected chi connectivity index (χ0v) is 11.1. The van der Waals surface area contributed by atoms with Gasteiger partial charge in [-0.2, -0.15) is 0 Å². The molecule has 0 aliphatic heterocycles. The van der Waals surface area contributed by atoms with Crippen molar-refractivity contribution in [3.05, 3.63) is 29.3 Å². The van der Waals surface area contributed by atoms with Crippen molar-refractivity contribution in [3.63, 3.8) is 0 Å². The van der Waals surface area contributed by atoms with Crippen LogP contribution in [0.4, 0.5) is 0 Å². The molecule has 18 heavy (non-hydrogen) atoms. The summed E-state index contributed by atoms with van der Waals surface area (Å²) in [5.41, 5.74) is 0.949. The molecule has 0 spiro atoms. The van der Waals surface area contributed by atoms with Crippen LogP contribution in [0, 0.1) is 12.8 Å². The largest absolute Gasteiger partial charge is 0.507 e. The first-order valence-electron chi connectivity index (χ1n) is 6.17. The molecule has 1 amide bonds. The fourth-order valence-electron chi connectivity index (χ4n) is 1.80. The summed E-state index contributed by atoms with van der Waals surface area (Å²) in [6.45, 7) is 5.75. The van der Waals surface area contributed by atoms with Gasteiger partial charge in [0.1, 0.15) is 5.75 Å². The number of phenols is 1. The van der Waals surface area contributed by atoms with E-state index in [1.807, 2.05) is 13.8 Å². The van der Waals surface area contributed by atoms with E-state index in [1.165, 1.54) is 0 Å². The molecule has 3 N–H and O–H groups in total. The highest BCUT2D eigenvalue weighted by molar-refractivity contribution is 5.97. The number of carbonyl (C=O) groups is 1. The Hall–Kier alpha value is -1.55. The zero-order chi connectivity index (χ0) is 13.7. The van der Waals surface area contributed by atoms with Gasteiger partial charge >= 0.3 is 0 Å². The Bertz CT molecular complexity index is 416. The third-order valence-electron chi connectivity index (χ3n) is 3.04. The van der Waals surface area contributed by atoms with Crippen molar-refractivity contribution in [2.24, 2.45) is 5.92 Å². The Morgan fingerprint density at radius 3 is 2.61 bits per heavy atom. The maximum absolute atomic E-state index is 12.1. The van der Waals surface area contributed by atoms with Crippen molar-refractivity contribution >= 4 is 5.91 Å². The smallest absolute Gasteiger partial charge is 0.255 e. The second kappa shape index (κ2) is 6.40. The number of nitrogens with one attached hydrogen (secondary N) is 1. The monoisotopic (exact) mass is 251 g/mol. The SMILES string of the molecule is Cc1cccc(C(=O)NC(CCO)C(C)C)c1O. The minimum atomic E-state index is -0.302. The van der Waals surface area contributed by atoms with E-state index in [4.69, 9.17) is 5.11 Å². The first-order chi connectivity index (χ1) is 8.47. The molecule has 0 aliphatic rings. The van der Waals surface area contributed by atoms with Crippen molar-refractivity contribution in [1.82, 2.24) is 5.32 Å². The van der Waals surface area contributed by atoms with Crippen LogP contribution < -0.4 is 5.32 Å². The normalized spacial score (nSPS) is 12.5. The number of benzene rings is 1. The van der Waals surface area contributed by atoms with Gasteiger partial charge in [-0.05, 0) is 30.9 Å². The standard InChI is InChI=1S/C14H21NO3/c1-9(2)12(7-8-16)15-14(18)11-6-4-5-10(3)13(11)17/h4-6,9,12,16-17H,7-8H2,1-3H3,(H,15,18). The number of aliphatic hydroxyl groups excluding tert-OH is 1. The van der Waals surface area contributed by atoms with Crippen LogP contribution in [0.15, 0.2) is 18.2 Å². The van der Waals surface area contributed by atoms with E-state index < -0.39 is 0 Å². The molecule has 1 unspecified atom stereocenters. The van der Waals surface area contributed by atoms with Crippen LogP contribution in [0.25, 0.3) is 0 Å². The minimum absolute atomic E-state index is 0.0153. The number of rotatable bonds is 5. The molecule has 1 aromatic carbocycles. The van der Waals surface area contributed by atoms with Gasteiger partial charge in [0.15, 0.2) is 0 Å². The molecule has 0 aromatic heterocycles. The third-order valence-corrected chi connectivity index (χ3v) is 3.04. The summed E-state index contributed by atoms with van der Waals surface area (Å²) in [6.07, 6.45) is 0.510. The quantitative estimate of drug-likeness (QED) is 0.748. The first-order valence-corrected chi connectivity index (χ1v) is 6.17. The molecule has 0 aliphatic carbocycles. The zero-order valence-electron chi connectivity index (χ0n) is 11.1. The molecule has 4 heteroatoms. The summed E-state index contributed by atoms with van der Waals surface area (Å²) in [7, 11) is 0. The van der Waals surface area contributed by atoms with Crippen LogP contribution in [0.5, 0.6) is 5.75 Å². The lowest BCUT2D eigenvalue weighted by Gasteiger charge is -2.21. The fourth-order valence-corrected chi connectivity index (χ4v) is 1.80. The highest BCUT2D eigenvalue weighted by atomic mass is 16.3. The third kappa shape index (κ3) is 3.47. The lowest BCUT2D eigenvalue weighted by molar-refractivity contribution is 0.0914. The van der Waals surface area contributed by atoms with Crippen molar-refractivity contribution in [3.8, 4) is 5.75 Å². The van der Waals surface area contributed by atoms with Gasteiger partial charge in [-0.25, -0.2) is 0 Å². The van der Waals surface area contributed by atoms with Crippen LogP contribution in [-0.4, -0.2) is 28.8 Å². The van der Waals surface area contributed by atoms with Gasteiger partial charge in [-0.3, -0.25) is 4.79 Å². The topological polar surface area (TPSA) is 69.6 Å². The Labute approximate surface area is 108 Å². The lowest BCUT2D eigenvalue weighted by atomic mass is 10.0. The van der Waals surface area contributed by atoms with Gasteiger partial charge in [0.25, 0.3) is 5.91 Å². The number of phenolic OH excluding ortho intramolecular Hbond substituents is 1. The number of aliphatic hydroxyl groups is 1. The summed E-state index contributed by atoms with van der Waals surface area (Å²) in [5, 5.41) is 21.6. The van der Waals surface area contributed by atoms with E-state index in [0.29, 0.717) is 12.0 Å². The number of amides is 1. The summed E-state index contributed by atoms with van der Waals surface area (Å²) < 4.78 is 0. The van der Waals surface area contributed by atoms with Crippen molar-refractivity contribution in [1.29, 1.82) is 0 Å². The number of aryl methyl sites for hydroxylation is 1. The molecular formula is C14H21NO3. The van der Waals surface area contributed by atoms with Crippen molar-refractivity contribution < 1.29 is 15.0 Å². The number of para-hydroxylation sites is 1. The molecule has 0 saturated heterocycles. The van der Waals surface area contributed by atoms with E-state index in [2.05, 4.69) is 5.32 Å². The van der Waals surface area contributed by atoms with Crippen molar-refractivity contribution in [2.45, 2.75) is 33.2 Å². The van der Waals surface area contributed by atoms with Gasteiger partial charge in [0, 0.05) is 12.6 Å². The van der Waals surface area contributed by atoms with Crippen molar-refractivity contribution in [2.75, 3.05) is 6.61 Å². The molecule has 4 nitrogen and oxygen atoms in total. The molecule has 100 valence electrons. The molecule has 0 fully saturated rings. The van der Waals surface area contributed by atoms with Gasteiger partial charge in [0.05, 0.1) is 5.56 Å². The Morgan fingerprint density at radius 2 is 2.06 bits per heavy atom. The molecule has 0 bridgehead atoms. The molecule has 0 heterocycles. The molecule has 1 atom stereocenters. The average Bonchev–Trinajstić information content (AvgIpc) is 2.31. The number of hydrogen-bond acceptors (Lipinski definition) is 3. The van der Waals surface area contributed by atoms with E-state index in [0.717, 1.165) is 0 Å². The summed E-state index contributed by atoms with van der Waals surface area (Å²) >= 11 is 0. The van der Waals surface area contributed by atoms with Gasteiger partial charge < -0.3 is 15.5 Å². The summed E-state index contributed by atoms with van der Waals surface area (Å²) in [4.78, 5) is 12.1. The number of hydrogen-bond donors (Lipinski definition) is 3. The van der Waals surface area contributed by atoms with Gasteiger partial charge in [-0.15, -0.1) is 0 Å². The van der Waals surface area contributed by atoms with Gasteiger partial charge in [0.2, 0.25) is 0 Å². The predicted molar refractivity (Wildman–Crippen MR) is 70.6 cm³/mol. The molecular weight excluding hydrogens is 230 g/mol. The summed E-state index contributed by atoms with van der Waals surface area (Å²) in [5.74, 6) is -0.0575. The fraction of sp³-hybridized carbons (Fsp3) is 0.500. The second-order valence-electron chi connectivity index (χ2n) is 4.81. The van der Waals surface area contributed by atoms with Crippen LogP contribution >= 0.6 is 0 Å². The number of aromatic hydroxyl groups is 1. The predicted octanol–water partition coefficient (Wildman–Crippen LogP) is 1.84. The average molecular weight is 251 g/mol. The van der Waals surface area contributed by atoms with Gasteiger partial charge in [-0.1, -0.05) is 26.0 Å².